The Morgan fingerprint density at radius 3 is 2.58 bits per heavy atom. The van der Waals surface area contributed by atoms with Crippen LogP contribution in [0.2, 0.25) is 5.02 Å². The molecule has 126 valence electrons. The molecule has 1 aliphatic heterocycles. The van der Waals surface area contributed by atoms with Crippen LogP contribution in [0, 0.1) is 0 Å². The largest absolute Gasteiger partial charge is 0.416 e. The van der Waals surface area contributed by atoms with E-state index in [2.05, 4.69) is 0 Å². The number of hydrogen-bond acceptors (Lipinski definition) is 3. The number of carbonyl (C=O) groups is 1. The highest BCUT2D eigenvalue weighted by molar-refractivity contribution is 6.32. The number of carbonyl (C=O) groups excluding carboxylic acids is 1. The van der Waals surface area contributed by atoms with Gasteiger partial charge in [-0.2, -0.15) is 13.2 Å². The monoisotopic (exact) mass is 354 g/mol. The minimum atomic E-state index is -4.45. The number of ketones is 1. The van der Waals surface area contributed by atoms with Crippen molar-refractivity contribution in [2.45, 2.75) is 18.6 Å². The van der Waals surface area contributed by atoms with Crippen molar-refractivity contribution in [2.75, 3.05) is 11.4 Å². The molecule has 7 heteroatoms. The molecule has 0 amide bonds. The molecule has 0 saturated heterocycles. The van der Waals surface area contributed by atoms with Crippen LogP contribution in [0.3, 0.4) is 0 Å². The van der Waals surface area contributed by atoms with Gasteiger partial charge in [0.1, 0.15) is 0 Å². The molecule has 24 heavy (non-hydrogen) atoms. The van der Waals surface area contributed by atoms with Gasteiger partial charge in [-0.25, -0.2) is 0 Å². The first-order valence-electron chi connectivity index (χ1n) is 7.28. The first-order valence-corrected chi connectivity index (χ1v) is 7.65. The van der Waals surface area contributed by atoms with Gasteiger partial charge in [-0.05, 0) is 30.3 Å². The second kappa shape index (κ2) is 6.11. The Bertz CT molecular complexity index is 792. The average Bonchev–Trinajstić information content (AvgIpc) is 2.65. The van der Waals surface area contributed by atoms with Gasteiger partial charge in [-0.1, -0.05) is 23.7 Å². The summed E-state index contributed by atoms with van der Waals surface area (Å²) in [5.41, 5.74) is 6.64. The van der Waals surface area contributed by atoms with Crippen molar-refractivity contribution in [3.05, 3.63) is 58.6 Å². The van der Waals surface area contributed by atoms with Crippen LogP contribution in [0.4, 0.5) is 24.5 Å². The van der Waals surface area contributed by atoms with Crippen LogP contribution in [0.25, 0.3) is 0 Å². The van der Waals surface area contributed by atoms with Gasteiger partial charge in [-0.3, -0.25) is 4.79 Å². The zero-order valence-corrected chi connectivity index (χ0v) is 13.2. The molecule has 0 saturated carbocycles. The van der Waals surface area contributed by atoms with E-state index in [0.29, 0.717) is 22.0 Å². The number of benzene rings is 2. The van der Waals surface area contributed by atoms with Crippen molar-refractivity contribution >= 4 is 28.8 Å². The van der Waals surface area contributed by atoms with Gasteiger partial charge in [0.25, 0.3) is 0 Å². The molecule has 3 rings (SSSR count). The van der Waals surface area contributed by atoms with Crippen LogP contribution >= 0.6 is 11.6 Å². The molecule has 0 fully saturated rings. The number of anilines is 2. The van der Waals surface area contributed by atoms with E-state index in [1.54, 1.807) is 29.2 Å². The van der Waals surface area contributed by atoms with Crippen molar-refractivity contribution in [1.29, 1.82) is 0 Å². The van der Waals surface area contributed by atoms with E-state index in [1.165, 1.54) is 6.07 Å². The Hall–Kier alpha value is -2.05. The summed E-state index contributed by atoms with van der Waals surface area (Å²) in [6, 6.07) is 9.22. The first kappa shape index (κ1) is 16.8. The fourth-order valence-electron chi connectivity index (χ4n) is 2.77. The summed E-state index contributed by atoms with van der Waals surface area (Å²) in [6.07, 6.45) is -4.39. The minimum absolute atomic E-state index is 0.0611. The molecule has 0 unspecified atom stereocenters. The summed E-state index contributed by atoms with van der Waals surface area (Å²) in [4.78, 5) is 13.8. The predicted octanol–water partition coefficient (Wildman–Crippen LogP) is 3.95. The maximum atomic E-state index is 13.0. The lowest BCUT2D eigenvalue weighted by Crippen LogP contribution is -2.39. The Labute approximate surface area is 141 Å². The Balaban J connectivity index is 2.14. The average molecular weight is 355 g/mol. The highest BCUT2D eigenvalue weighted by atomic mass is 35.5. The Morgan fingerprint density at radius 1 is 1.17 bits per heavy atom. The van der Waals surface area contributed by atoms with Crippen LogP contribution in [-0.4, -0.2) is 18.4 Å². The molecule has 2 aromatic carbocycles. The Morgan fingerprint density at radius 2 is 1.88 bits per heavy atom. The molecular weight excluding hydrogens is 341 g/mol. The van der Waals surface area contributed by atoms with Crippen LogP contribution in [-0.2, 0) is 17.4 Å². The van der Waals surface area contributed by atoms with Gasteiger partial charge in [0, 0.05) is 34.9 Å². The standard InChI is InChI=1S/C17H14ClF3N2O/c18-13-5-2-6-15-12(13)8-16(24)14(22)9-23(15)11-4-1-3-10(7-11)17(19,20)21/h1-7,14H,8-9,22H2/t14-/m0/s1. The molecule has 1 heterocycles. The topological polar surface area (TPSA) is 46.3 Å². The molecular formula is C17H14ClF3N2O. The molecule has 1 atom stereocenters. The zero-order valence-electron chi connectivity index (χ0n) is 12.5. The summed E-state index contributed by atoms with van der Waals surface area (Å²) in [5, 5.41) is 0.395. The number of alkyl halides is 3. The quantitative estimate of drug-likeness (QED) is 0.843. The second-order valence-electron chi connectivity index (χ2n) is 5.65. The zero-order chi connectivity index (χ0) is 17.5. The van der Waals surface area contributed by atoms with Crippen molar-refractivity contribution in [3.8, 4) is 0 Å². The molecule has 3 nitrogen and oxygen atoms in total. The summed E-state index contributed by atoms with van der Waals surface area (Å²) in [5.74, 6) is -0.196. The van der Waals surface area contributed by atoms with Crippen LogP contribution in [0.1, 0.15) is 11.1 Å². The molecule has 2 aromatic rings. The third-order valence-corrected chi connectivity index (χ3v) is 4.37. The van der Waals surface area contributed by atoms with Gasteiger partial charge in [0.15, 0.2) is 5.78 Å². The van der Waals surface area contributed by atoms with E-state index in [9.17, 15) is 18.0 Å². The number of Topliss-reactive ketones (excluding diaryl/α,β-unsaturated/α-hetero) is 1. The molecule has 0 spiro atoms. The number of hydrogen-bond donors (Lipinski definition) is 1. The van der Waals surface area contributed by atoms with Crippen molar-refractivity contribution in [3.63, 3.8) is 0 Å². The van der Waals surface area contributed by atoms with Gasteiger partial charge < -0.3 is 10.6 Å². The molecule has 0 radical (unpaired) electrons. The number of nitrogens with zero attached hydrogens (tertiary/aromatic N) is 1. The van der Waals surface area contributed by atoms with Crippen LogP contribution in [0.15, 0.2) is 42.5 Å². The minimum Gasteiger partial charge on any atom is -0.339 e. The summed E-state index contributed by atoms with van der Waals surface area (Å²) in [7, 11) is 0. The van der Waals surface area contributed by atoms with Crippen molar-refractivity contribution in [2.24, 2.45) is 5.73 Å². The summed E-state index contributed by atoms with van der Waals surface area (Å²) >= 11 is 6.18. The second-order valence-corrected chi connectivity index (χ2v) is 6.05. The highest BCUT2D eigenvalue weighted by Crippen LogP contribution is 2.38. The fourth-order valence-corrected chi connectivity index (χ4v) is 3.01. The molecule has 0 aliphatic carbocycles. The number of fused-ring (bicyclic) bond motifs is 1. The van der Waals surface area contributed by atoms with E-state index in [1.807, 2.05) is 0 Å². The molecule has 2 N–H and O–H groups in total. The maximum Gasteiger partial charge on any atom is 0.416 e. The van der Waals surface area contributed by atoms with Gasteiger partial charge in [0.2, 0.25) is 0 Å². The summed E-state index contributed by atoms with van der Waals surface area (Å²) in [6.45, 7) is 0.0908. The lowest BCUT2D eigenvalue weighted by molar-refractivity contribution is -0.137. The van der Waals surface area contributed by atoms with E-state index in [0.717, 1.165) is 12.1 Å². The van der Waals surface area contributed by atoms with Crippen molar-refractivity contribution < 1.29 is 18.0 Å². The van der Waals surface area contributed by atoms with Gasteiger partial charge in [0.05, 0.1) is 11.6 Å². The predicted molar refractivity (Wildman–Crippen MR) is 86.6 cm³/mol. The number of rotatable bonds is 1. The van der Waals surface area contributed by atoms with Crippen molar-refractivity contribution in [1.82, 2.24) is 0 Å². The maximum absolute atomic E-state index is 13.0. The van der Waals surface area contributed by atoms with Crippen LogP contribution < -0.4 is 10.6 Å². The highest BCUT2D eigenvalue weighted by Gasteiger charge is 2.32. The van der Waals surface area contributed by atoms with E-state index >= 15 is 0 Å². The fraction of sp³-hybridized carbons (Fsp3) is 0.235. The SMILES string of the molecule is N[C@H]1CN(c2cccc(C(F)(F)F)c2)c2cccc(Cl)c2CC1=O. The third kappa shape index (κ3) is 3.12. The number of nitrogens with two attached hydrogens (primary N) is 1. The third-order valence-electron chi connectivity index (χ3n) is 4.01. The van der Waals surface area contributed by atoms with E-state index < -0.39 is 17.8 Å². The molecule has 0 aromatic heterocycles. The lowest BCUT2D eigenvalue weighted by Gasteiger charge is -2.27. The van der Waals surface area contributed by atoms with Gasteiger partial charge in [-0.15, -0.1) is 0 Å². The molecule has 1 aliphatic rings. The summed E-state index contributed by atoms with van der Waals surface area (Å²) < 4.78 is 39.0. The molecule has 0 bridgehead atoms. The van der Waals surface area contributed by atoms with Gasteiger partial charge >= 0.3 is 6.18 Å². The Kier molecular flexibility index (Phi) is 4.27. The number of halogens is 4. The van der Waals surface area contributed by atoms with E-state index in [4.69, 9.17) is 17.3 Å². The smallest absolute Gasteiger partial charge is 0.339 e. The van der Waals surface area contributed by atoms with E-state index in [-0.39, 0.29) is 18.7 Å². The van der Waals surface area contributed by atoms with Crippen LogP contribution in [0.5, 0.6) is 0 Å². The lowest BCUT2D eigenvalue weighted by atomic mass is 10.1. The first-order chi connectivity index (χ1) is 11.3. The normalized spacial score (nSPS) is 18.3.